The lowest BCUT2D eigenvalue weighted by atomic mass is 9.88. The number of rotatable bonds is 5. The van der Waals surface area contributed by atoms with E-state index in [-0.39, 0.29) is 18.4 Å². The van der Waals surface area contributed by atoms with Gasteiger partial charge < -0.3 is 5.11 Å². The predicted octanol–water partition coefficient (Wildman–Crippen LogP) is 2.18. The second-order valence-corrected chi connectivity index (χ2v) is 7.58. The summed E-state index contributed by atoms with van der Waals surface area (Å²) in [5.74, 6) is 0.570. The molecule has 0 radical (unpaired) electrons. The van der Waals surface area contributed by atoms with Crippen LogP contribution in [0.4, 0.5) is 0 Å². The average Bonchev–Trinajstić information content (AvgIpc) is 2.37. The van der Waals surface area contributed by atoms with Crippen LogP contribution in [0, 0.1) is 5.92 Å². The summed E-state index contributed by atoms with van der Waals surface area (Å²) in [4.78, 5) is 0. The molecule has 0 bridgehead atoms. The maximum absolute atomic E-state index is 12.2. The van der Waals surface area contributed by atoms with Crippen LogP contribution in [-0.4, -0.2) is 19.6 Å². The van der Waals surface area contributed by atoms with Gasteiger partial charge in [-0.25, -0.2) is 13.1 Å². The second kappa shape index (κ2) is 6.70. The molecule has 112 valence electrons. The van der Waals surface area contributed by atoms with Gasteiger partial charge in [0, 0.05) is 6.04 Å². The van der Waals surface area contributed by atoms with Crippen molar-refractivity contribution >= 4 is 10.0 Å². The summed E-state index contributed by atoms with van der Waals surface area (Å²) in [6.45, 7) is 2.10. The molecule has 1 aliphatic rings. The highest BCUT2D eigenvalue weighted by atomic mass is 32.2. The van der Waals surface area contributed by atoms with E-state index in [9.17, 15) is 8.42 Å². The van der Waals surface area contributed by atoms with Crippen LogP contribution in [0.3, 0.4) is 0 Å². The maximum Gasteiger partial charge on any atom is 0.216 e. The molecule has 1 aliphatic carbocycles. The molecule has 0 amide bonds. The van der Waals surface area contributed by atoms with Crippen molar-refractivity contribution in [2.24, 2.45) is 5.92 Å². The van der Waals surface area contributed by atoms with Gasteiger partial charge in [-0.2, -0.15) is 0 Å². The number of benzene rings is 1. The molecule has 2 atom stereocenters. The number of aliphatic hydroxyl groups excluding tert-OH is 1. The molecule has 20 heavy (non-hydrogen) atoms. The zero-order valence-corrected chi connectivity index (χ0v) is 12.7. The van der Waals surface area contributed by atoms with Crippen LogP contribution >= 0.6 is 0 Å². The van der Waals surface area contributed by atoms with Crippen LogP contribution in [0.2, 0.25) is 0 Å². The van der Waals surface area contributed by atoms with E-state index < -0.39 is 10.0 Å². The van der Waals surface area contributed by atoms with Gasteiger partial charge in [0.15, 0.2) is 0 Å². The first-order valence-corrected chi connectivity index (χ1v) is 8.82. The first-order valence-electron chi connectivity index (χ1n) is 7.17. The molecular weight excluding hydrogens is 274 g/mol. The van der Waals surface area contributed by atoms with Crippen LogP contribution < -0.4 is 4.72 Å². The van der Waals surface area contributed by atoms with Gasteiger partial charge in [0.05, 0.1) is 12.4 Å². The summed E-state index contributed by atoms with van der Waals surface area (Å²) in [6, 6.07) is 7.15. The van der Waals surface area contributed by atoms with Crippen LogP contribution in [0.15, 0.2) is 24.3 Å². The summed E-state index contributed by atoms with van der Waals surface area (Å²) in [6.07, 6.45) is 4.14. The van der Waals surface area contributed by atoms with Gasteiger partial charge >= 0.3 is 0 Å². The minimum Gasteiger partial charge on any atom is -0.392 e. The first kappa shape index (κ1) is 15.5. The van der Waals surface area contributed by atoms with Crippen molar-refractivity contribution in [2.75, 3.05) is 0 Å². The van der Waals surface area contributed by atoms with Crippen LogP contribution in [-0.2, 0) is 22.4 Å². The summed E-state index contributed by atoms with van der Waals surface area (Å²) in [5.41, 5.74) is 1.46. The molecule has 2 unspecified atom stereocenters. The van der Waals surface area contributed by atoms with Crippen LogP contribution in [0.25, 0.3) is 0 Å². The van der Waals surface area contributed by atoms with Crippen molar-refractivity contribution in [1.82, 2.24) is 4.72 Å². The predicted molar refractivity (Wildman–Crippen MR) is 79.5 cm³/mol. The lowest BCUT2D eigenvalue weighted by Crippen LogP contribution is -2.38. The SMILES string of the molecule is CC1CCCC(NS(=O)(=O)Cc2cccc(CO)c2)C1. The Labute approximate surface area is 121 Å². The highest BCUT2D eigenvalue weighted by Crippen LogP contribution is 2.24. The largest absolute Gasteiger partial charge is 0.392 e. The van der Waals surface area contributed by atoms with Crippen LogP contribution in [0.1, 0.15) is 43.7 Å². The van der Waals surface area contributed by atoms with Crippen molar-refractivity contribution in [3.05, 3.63) is 35.4 Å². The standard InChI is InChI=1S/C15H23NO3S/c1-12-4-2-7-15(8-12)16-20(18,19)11-14-6-3-5-13(9-14)10-17/h3,5-6,9,12,15-17H,2,4,7-8,10-11H2,1H3. The summed E-state index contributed by atoms with van der Waals surface area (Å²) in [5, 5.41) is 9.09. The number of aliphatic hydroxyl groups is 1. The molecule has 5 heteroatoms. The Morgan fingerprint density at radius 3 is 2.75 bits per heavy atom. The normalized spacial score (nSPS) is 23.7. The number of sulfonamides is 1. The Balaban J connectivity index is 1.99. The Hall–Kier alpha value is -0.910. The smallest absolute Gasteiger partial charge is 0.216 e. The van der Waals surface area contributed by atoms with Gasteiger partial charge in [-0.3, -0.25) is 0 Å². The molecule has 0 aromatic heterocycles. The number of hydrogen-bond donors (Lipinski definition) is 2. The monoisotopic (exact) mass is 297 g/mol. The molecular formula is C15H23NO3S. The molecule has 0 saturated heterocycles. The van der Waals surface area contributed by atoms with Crippen LogP contribution in [0.5, 0.6) is 0 Å². The Kier molecular flexibility index (Phi) is 5.18. The third-order valence-electron chi connectivity index (χ3n) is 3.81. The number of nitrogens with one attached hydrogen (secondary N) is 1. The van der Waals surface area contributed by atoms with E-state index in [0.717, 1.165) is 24.8 Å². The topological polar surface area (TPSA) is 66.4 Å². The van der Waals surface area contributed by atoms with Crippen molar-refractivity contribution in [1.29, 1.82) is 0 Å². The fourth-order valence-electron chi connectivity index (χ4n) is 2.87. The number of hydrogen-bond acceptors (Lipinski definition) is 3. The van der Waals surface area contributed by atoms with E-state index >= 15 is 0 Å². The second-order valence-electron chi connectivity index (χ2n) is 5.82. The molecule has 0 aliphatic heterocycles. The summed E-state index contributed by atoms with van der Waals surface area (Å²) >= 11 is 0. The van der Waals surface area contributed by atoms with Gasteiger partial charge in [-0.15, -0.1) is 0 Å². The van der Waals surface area contributed by atoms with Crippen molar-refractivity contribution < 1.29 is 13.5 Å². The van der Waals surface area contributed by atoms with Crippen molar-refractivity contribution in [3.63, 3.8) is 0 Å². The van der Waals surface area contributed by atoms with Gasteiger partial charge in [-0.1, -0.05) is 44.0 Å². The molecule has 1 aromatic rings. The average molecular weight is 297 g/mol. The lowest BCUT2D eigenvalue weighted by molar-refractivity contribution is 0.281. The highest BCUT2D eigenvalue weighted by Gasteiger charge is 2.23. The Morgan fingerprint density at radius 2 is 2.05 bits per heavy atom. The minimum absolute atomic E-state index is 0.0221. The van der Waals surface area contributed by atoms with E-state index in [1.807, 2.05) is 0 Å². The molecule has 0 spiro atoms. The molecule has 4 nitrogen and oxygen atoms in total. The maximum atomic E-state index is 12.2. The fourth-order valence-corrected chi connectivity index (χ4v) is 4.30. The quantitative estimate of drug-likeness (QED) is 0.875. The first-order chi connectivity index (χ1) is 9.48. The zero-order valence-electron chi connectivity index (χ0n) is 11.9. The molecule has 2 rings (SSSR count). The minimum atomic E-state index is -3.31. The van der Waals surface area contributed by atoms with Crippen molar-refractivity contribution in [3.8, 4) is 0 Å². The van der Waals surface area contributed by atoms with Gasteiger partial charge in [-0.05, 0) is 29.9 Å². The van der Waals surface area contributed by atoms with E-state index in [1.165, 1.54) is 6.42 Å². The van der Waals surface area contributed by atoms with E-state index in [0.29, 0.717) is 11.5 Å². The third kappa shape index (κ3) is 4.58. The third-order valence-corrected chi connectivity index (χ3v) is 5.22. The summed E-state index contributed by atoms with van der Waals surface area (Å²) in [7, 11) is -3.31. The molecule has 1 saturated carbocycles. The zero-order chi connectivity index (χ0) is 14.6. The van der Waals surface area contributed by atoms with E-state index in [4.69, 9.17) is 5.11 Å². The fraction of sp³-hybridized carbons (Fsp3) is 0.600. The van der Waals surface area contributed by atoms with E-state index in [2.05, 4.69) is 11.6 Å². The lowest BCUT2D eigenvalue weighted by Gasteiger charge is -2.27. The molecule has 1 aromatic carbocycles. The van der Waals surface area contributed by atoms with Gasteiger partial charge in [0.25, 0.3) is 0 Å². The van der Waals surface area contributed by atoms with Gasteiger partial charge in [0.1, 0.15) is 0 Å². The molecule has 1 fully saturated rings. The van der Waals surface area contributed by atoms with Crippen molar-refractivity contribution in [2.45, 2.75) is 51.0 Å². The molecule has 2 N–H and O–H groups in total. The Bertz CT molecular complexity index is 542. The van der Waals surface area contributed by atoms with Gasteiger partial charge in [0.2, 0.25) is 10.0 Å². The summed E-state index contributed by atoms with van der Waals surface area (Å²) < 4.78 is 27.2. The highest BCUT2D eigenvalue weighted by molar-refractivity contribution is 7.88. The molecule has 0 heterocycles. The Morgan fingerprint density at radius 1 is 1.30 bits per heavy atom. The van der Waals surface area contributed by atoms with E-state index in [1.54, 1.807) is 24.3 Å².